The standard InChI is InChI=1S/C25H19N5O2S/c1-16-21(30-15-9-8-14-19(30)26-16)23(31)28-29-24(32)22-20(17-10-4-2-5-11-17)27-25(33-22)18-12-6-3-7-13-18/h2-15H,1H3,(H,28,31)(H,29,32). The summed E-state index contributed by atoms with van der Waals surface area (Å²) in [5.74, 6) is -0.887. The minimum Gasteiger partial charge on any atom is -0.295 e. The molecule has 5 aromatic rings. The van der Waals surface area contributed by atoms with Crippen LogP contribution in [0.5, 0.6) is 0 Å². The topological polar surface area (TPSA) is 88.4 Å². The number of rotatable bonds is 4. The van der Waals surface area contributed by atoms with E-state index in [4.69, 9.17) is 4.98 Å². The Morgan fingerprint density at radius 2 is 1.42 bits per heavy atom. The number of amides is 2. The SMILES string of the molecule is Cc1nc2ccccn2c1C(=O)NNC(=O)c1sc(-c2ccccc2)nc1-c1ccccc1. The van der Waals surface area contributed by atoms with Crippen LogP contribution >= 0.6 is 11.3 Å². The molecule has 33 heavy (non-hydrogen) atoms. The number of fused-ring (bicyclic) bond motifs is 1. The van der Waals surface area contributed by atoms with Gasteiger partial charge in [-0.25, -0.2) is 9.97 Å². The smallest absolute Gasteiger partial charge is 0.288 e. The Bertz CT molecular complexity index is 1460. The van der Waals surface area contributed by atoms with E-state index in [1.54, 1.807) is 17.5 Å². The molecule has 0 unspecified atom stereocenters. The summed E-state index contributed by atoms with van der Waals surface area (Å²) >= 11 is 1.28. The van der Waals surface area contributed by atoms with Crippen LogP contribution in [0.1, 0.15) is 25.9 Å². The van der Waals surface area contributed by atoms with Gasteiger partial charge in [-0.05, 0) is 19.1 Å². The van der Waals surface area contributed by atoms with Crippen LogP contribution in [0.25, 0.3) is 27.5 Å². The van der Waals surface area contributed by atoms with E-state index in [2.05, 4.69) is 15.8 Å². The van der Waals surface area contributed by atoms with E-state index in [1.165, 1.54) is 11.3 Å². The first-order valence-electron chi connectivity index (χ1n) is 10.3. The number of carbonyl (C=O) groups excluding carboxylic acids is 2. The number of imidazole rings is 1. The van der Waals surface area contributed by atoms with Gasteiger partial charge in [-0.3, -0.25) is 24.8 Å². The first kappa shape index (κ1) is 20.6. The Morgan fingerprint density at radius 1 is 0.788 bits per heavy atom. The lowest BCUT2D eigenvalue weighted by Crippen LogP contribution is -2.42. The first-order chi connectivity index (χ1) is 16.1. The van der Waals surface area contributed by atoms with Crippen LogP contribution < -0.4 is 10.9 Å². The van der Waals surface area contributed by atoms with Gasteiger partial charge in [0.05, 0.1) is 11.4 Å². The van der Waals surface area contributed by atoms with E-state index in [9.17, 15) is 9.59 Å². The molecule has 0 aliphatic rings. The molecule has 3 aromatic heterocycles. The average Bonchev–Trinajstić information content (AvgIpc) is 3.44. The number of thiazole rings is 1. The predicted molar refractivity (Wildman–Crippen MR) is 128 cm³/mol. The Morgan fingerprint density at radius 3 is 2.15 bits per heavy atom. The maximum Gasteiger partial charge on any atom is 0.288 e. The maximum absolute atomic E-state index is 13.1. The van der Waals surface area contributed by atoms with Gasteiger partial charge in [0.2, 0.25) is 0 Å². The minimum atomic E-state index is -0.450. The van der Waals surface area contributed by atoms with Gasteiger partial charge in [0.1, 0.15) is 21.2 Å². The Labute approximate surface area is 193 Å². The van der Waals surface area contributed by atoms with E-state index >= 15 is 0 Å². The number of aromatic nitrogens is 3. The molecule has 8 heteroatoms. The third-order valence-corrected chi connectivity index (χ3v) is 6.21. The quantitative estimate of drug-likeness (QED) is 0.392. The monoisotopic (exact) mass is 453 g/mol. The van der Waals surface area contributed by atoms with E-state index in [0.29, 0.717) is 27.6 Å². The van der Waals surface area contributed by atoms with Crippen LogP contribution in [0.2, 0.25) is 0 Å². The molecule has 0 saturated carbocycles. The summed E-state index contributed by atoms with van der Waals surface area (Å²) in [6.45, 7) is 1.76. The highest BCUT2D eigenvalue weighted by Gasteiger charge is 2.22. The number of nitrogens with zero attached hydrogens (tertiary/aromatic N) is 3. The van der Waals surface area contributed by atoms with Gasteiger partial charge in [-0.1, -0.05) is 66.7 Å². The number of nitrogens with one attached hydrogen (secondary N) is 2. The molecule has 3 heterocycles. The maximum atomic E-state index is 13.1. The Hall–Kier alpha value is -4.30. The second-order valence-electron chi connectivity index (χ2n) is 7.31. The molecule has 0 fully saturated rings. The van der Waals surface area contributed by atoms with Crippen molar-refractivity contribution in [3.8, 4) is 21.8 Å². The summed E-state index contributed by atoms with van der Waals surface area (Å²) < 4.78 is 1.69. The number of benzene rings is 2. The van der Waals surface area contributed by atoms with Crippen LogP contribution in [0.15, 0.2) is 85.1 Å². The zero-order chi connectivity index (χ0) is 22.8. The molecule has 7 nitrogen and oxygen atoms in total. The fourth-order valence-corrected chi connectivity index (χ4v) is 4.57. The minimum absolute atomic E-state index is 0.364. The Balaban J connectivity index is 1.44. The Kier molecular flexibility index (Phi) is 5.42. The number of carbonyl (C=O) groups is 2. The van der Waals surface area contributed by atoms with Gasteiger partial charge in [-0.2, -0.15) is 0 Å². The third-order valence-electron chi connectivity index (χ3n) is 5.11. The van der Waals surface area contributed by atoms with Crippen LogP contribution in [-0.2, 0) is 0 Å². The van der Waals surface area contributed by atoms with Crippen LogP contribution in [-0.4, -0.2) is 26.2 Å². The molecule has 0 aliphatic heterocycles. The lowest BCUT2D eigenvalue weighted by Gasteiger charge is -2.08. The zero-order valence-electron chi connectivity index (χ0n) is 17.6. The van der Waals surface area contributed by atoms with Gasteiger partial charge in [-0.15, -0.1) is 11.3 Å². The predicted octanol–water partition coefficient (Wildman–Crippen LogP) is 4.51. The fourth-order valence-electron chi connectivity index (χ4n) is 3.59. The van der Waals surface area contributed by atoms with E-state index < -0.39 is 11.8 Å². The normalized spacial score (nSPS) is 10.8. The summed E-state index contributed by atoms with van der Waals surface area (Å²) in [6, 6.07) is 24.7. The molecular formula is C25H19N5O2S. The van der Waals surface area contributed by atoms with Crippen molar-refractivity contribution in [1.29, 1.82) is 0 Å². The average molecular weight is 454 g/mol. The second kappa shape index (κ2) is 8.68. The summed E-state index contributed by atoms with van der Waals surface area (Å²) in [6.07, 6.45) is 1.76. The number of pyridine rings is 1. The van der Waals surface area contributed by atoms with E-state index in [-0.39, 0.29) is 0 Å². The van der Waals surface area contributed by atoms with Crippen LogP contribution in [0.4, 0.5) is 0 Å². The van der Waals surface area contributed by atoms with Gasteiger partial charge in [0.15, 0.2) is 0 Å². The summed E-state index contributed by atoms with van der Waals surface area (Å²) in [5.41, 5.74) is 8.98. The van der Waals surface area contributed by atoms with Crippen LogP contribution in [0, 0.1) is 6.92 Å². The molecular weight excluding hydrogens is 434 g/mol. The summed E-state index contributed by atoms with van der Waals surface area (Å²) in [5, 5.41) is 0.726. The molecule has 2 N–H and O–H groups in total. The molecule has 2 amide bonds. The van der Waals surface area contributed by atoms with Gasteiger partial charge < -0.3 is 0 Å². The summed E-state index contributed by atoms with van der Waals surface area (Å²) in [4.78, 5) is 35.5. The van der Waals surface area contributed by atoms with Crippen LogP contribution in [0.3, 0.4) is 0 Å². The van der Waals surface area contributed by atoms with Crippen molar-refractivity contribution >= 4 is 28.8 Å². The van der Waals surface area contributed by atoms with Crippen molar-refractivity contribution in [2.24, 2.45) is 0 Å². The van der Waals surface area contributed by atoms with Gasteiger partial charge in [0, 0.05) is 17.3 Å². The number of hydrogen-bond donors (Lipinski definition) is 2. The highest BCUT2D eigenvalue weighted by molar-refractivity contribution is 7.17. The zero-order valence-corrected chi connectivity index (χ0v) is 18.5. The molecule has 0 atom stereocenters. The molecule has 2 aromatic carbocycles. The van der Waals surface area contributed by atoms with Crippen molar-refractivity contribution in [2.75, 3.05) is 0 Å². The third kappa shape index (κ3) is 3.99. The molecule has 0 saturated heterocycles. The molecule has 0 radical (unpaired) electrons. The van der Waals surface area contributed by atoms with Crippen molar-refractivity contribution in [1.82, 2.24) is 25.2 Å². The number of aryl methyl sites for hydroxylation is 1. The van der Waals surface area contributed by atoms with Crippen molar-refractivity contribution < 1.29 is 9.59 Å². The molecule has 5 rings (SSSR count). The number of hydrogen-bond acceptors (Lipinski definition) is 5. The van der Waals surface area contributed by atoms with Crippen molar-refractivity contribution in [3.63, 3.8) is 0 Å². The molecule has 0 spiro atoms. The molecule has 162 valence electrons. The highest BCUT2D eigenvalue weighted by atomic mass is 32.1. The fraction of sp³-hybridized carbons (Fsp3) is 0.0400. The van der Waals surface area contributed by atoms with E-state index in [0.717, 1.165) is 16.1 Å². The molecule has 0 bridgehead atoms. The number of hydrazine groups is 1. The van der Waals surface area contributed by atoms with E-state index in [1.807, 2.05) is 78.9 Å². The van der Waals surface area contributed by atoms with Crippen molar-refractivity contribution in [3.05, 3.63) is 101 Å². The van der Waals surface area contributed by atoms with Gasteiger partial charge in [0.25, 0.3) is 11.8 Å². The largest absolute Gasteiger partial charge is 0.295 e. The van der Waals surface area contributed by atoms with Gasteiger partial charge >= 0.3 is 0 Å². The second-order valence-corrected chi connectivity index (χ2v) is 8.31. The lowest BCUT2D eigenvalue weighted by molar-refractivity contribution is 0.0845. The summed E-state index contributed by atoms with van der Waals surface area (Å²) in [7, 11) is 0. The van der Waals surface area contributed by atoms with Crippen molar-refractivity contribution in [2.45, 2.75) is 6.92 Å². The highest BCUT2D eigenvalue weighted by Crippen LogP contribution is 2.33. The molecule has 0 aliphatic carbocycles. The first-order valence-corrected chi connectivity index (χ1v) is 11.1. The lowest BCUT2D eigenvalue weighted by atomic mass is 10.1.